The first-order valence-corrected chi connectivity index (χ1v) is 3.63. The summed E-state index contributed by atoms with van der Waals surface area (Å²) in [6.07, 6.45) is 0. The van der Waals surface area contributed by atoms with E-state index in [-0.39, 0.29) is 1.43 Å². The van der Waals surface area contributed by atoms with Gasteiger partial charge in [0.25, 0.3) is 0 Å². The van der Waals surface area contributed by atoms with E-state index in [9.17, 15) is 0 Å². The number of rotatable bonds is 3. The average molecular weight is 103 g/mol. The van der Waals surface area contributed by atoms with Gasteiger partial charge in [0.1, 0.15) is 0 Å². The van der Waals surface area contributed by atoms with Gasteiger partial charge >= 0.3 is 15.6 Å². The summed E-state index contributed by atoms with van der Waals surface area (Å²) in [5, 5.41) is 1.22. The summed E-state index contributed by atoms with van der Waals surface area (Å²) in [6, 6.07) is 0. The van der Waals surface area contributed by atoms with Gasteiger partial charge in [-0.2, -0.15) is 0 Å². The number of hydrogen-bond donors (Lipinski definition) is 0. The molecule has 6 heavy (non-hydrogen) atoms. The van der Waals surface area contributed by atoms with Crippen molar-refractivity contribution in [3.05, 3.63) is 0 Å². The predicted molar refractivity (Wildman–Crippen MR) is 30.0 cm³/mol. The largest absolute Gasteiger partial charge is 0.507 e. The summed E-state index contributed by atoms with van der Waals surface area (Å²) in [5.74, 6) is 0. The van der Waals surface area contributed by atoms with Gasteiger partial charge in [-0.1, -0.05) is 12.2 Å². The van der Waals surface area contributed by atoms with Crippen LogP contribution in [-0.4, -0.2) is 22.2 Å². The fraction of sp³-hybridized carbons (Fsp3) is 1.00. The molecule has 0 aliphatic carbocycles. The molecule has 0 saturated carbocycles. The Balaban J connectivity index is 0. The molecule has 0 bridgehead atoms. The number of hydrogen-bond acceptors (Lipinski definition) is 1. The van der Waals surface area contributed by atoms with Crippen molar-refractivity contribution in [3.63, 3.8) is 0 Å². The Hall–Kier alpha value is 0.492. The molecular weight excluding hydrogens is 91.0 g/mol. The summed E-state index contributed by atoms with van der Waals surface area (Å²) in [7, 11) is 0. The van der Waals surface area contributed by atoms with E-state index in [1.54, 1.807) is 0 Å². The van der Waals surface area contributed by atoms with Gasteiger partial charge in [-0.25, -0.2) is 0 Å². The second kappa shape index (κ2) is 5.49. The molecule has 0 saturated heterocycles. The van der Waals surface area contributed by atoms with Crippen LogP contribution in [0.2, 0.25) is 5.28 Å². The normalized spacial score (nSPS) is 8.33. The van der Waals surface area contributed by atoms with E-state index in [2.05, 4.69) is 6.92 Å². The average Bonchev–Trinajstić information content (AvgIpc) is 1.61. The molecule has 0 amide bonds. The lowest BCUT2D eigenvalue weighted by Gasteiger charge is -1.89. The van der Waals surface area contributed by atoms with E-state index in [0.717, 1.165) is 6.61 Å². The van der Waals surface area contributed by atoms with Crippen LogP contribution in [0.15, 0.2) is 0 Å². The fourth-order valence-electron chi connectivity index (χ4n) is 0.236. The van der Waals surface area contributed by atoms with Crippen LogP contribution < -0.4 is 0 Å². The minimum Gasteiger partial charge on any atom is -0.507 e. The summed E-state index contributed by atoms with van der Waals surface area (Å²) >= 11 is 0.318. The van der Waals surface area contributed by atoms with Crippen LogP contribution in [0.25, 0.3) is 0 Å². The highest BCUT2D eigenvalue weighted by molar-refractivity contribution is 6.26. The first-order chi connectivity index (χ1) is 2.91. The second-order valence-electron chi connectivity index (χ2n) is 1.03. The Bertz CT molecular complexity index is 23.7. The third-order valence-corrected chi connectivity index (χ3v) is 1.35. The standard InChI is InChI=1S/C2H5O.C2H5.Al.H2/c1-2-3;1-2;;/h2H2,1H3;1H2,2H3;;1H/q-1;;+1;. The lowest BCUT2D eigenvalue weighted by Crippen LogP contribution is -1.93. The van der Waals surface area contributed by atoms with Crippen molar-refractivity contribution >= 4 is 15.6 Å². The topological polar surface area (TPSA) is 9.23 Å². The molecule has 1 nitrogen and oxygen atoms in total. The molecule has 0 rings (SSSR count). The van der Waals surface area contributed by atoms with Crippen molar-refractivity contribution < 1.29 is 5.22 Å². The zero-order valence-corrected chi connectivity index (χ0v) is 5.55. The van der Waals surface area contributed by atoms with Crippen LogP contribution in [0, 0.1) is 0 Å². The molecule has 0 aliphatic rings. The van der Waals surface area contributed by atoms with E-state index >= 15 is 0 Å². The second-order valence-corrected chi connectivity index (χ2v) is 2.51. The molecule has 0 aromatic carbocycles. The highest BCUT2D eigenvalue weighted by atomic mass is 27.1. The highest BCUT2D eigenvalue weighted by Gasteiger charge is 1.81. The van der Waals surface area contributed by atoms with Crippen molar-refractivity contribution in [2.45, 2.75) is 19.1 Å². The van der Waals surface area contributed by atoms with Gasteiger partial charge in [0.15, 0.2) is 0 Å². The minimum absolute atomic E-state index is 0. The van der Waals surface area contributed by atoms with Crippen molar-refractivity contribution in [2.75, 3.05) is 6.61 Å². The molecular formula is C4H12AlO. The first kappa shape index (κ1) is 6.49. The maximum absolute atomic E-state index is 5.07. The Morgan fingerprint density at radius 3 is 2.50 bits per heavy atom. The molecule has 0 aromatic heterocycles. The van der Waals surface area contributed by atoms with Crippen LogP contribution >= 0.6 is 0 Å². The molecule has 2 heteroatoms. The van der Waals surface area contributed by atoms with Gasteiger partial charge in [-0.05, 0) is 6.92 Å². The Morgan fingerprint density at radius 1 is 1.67 bits per heavy atom. The third kappa shape index (κ3) is 4.49. The molecule has 1 radical (unpaired) electrons. The minimum atomic E-state index is 0. The van der Waals surface area contributed by atoms with Gasteiger partial charge in [0, 0.05) is 8.03 Å². The van der Waals surface area contributed by atoms with E-state index in [1.807, 2.05) is 6.92 Å². The Morgan fingerprint density at radius 2 is 2.33 bits per heavy atom. The van der Waals surface area contributed by atoms with Crippen LogP contribution in [0.3, 0.4) is 0 Å². The molecule has 0 fully saturated rings. The molecule has 0 aliphatic heterocycles. The highest BCUT2D eigenvalue weighted by Crippen LogP contribution is 1.73. The quantitative estimate of drug-likeness (QED) is 0.386. The maximum atomic E-state index is 5.07. The summed E-state index contributed by atoms with van der Waals surface area (Å²) in [5.41, 5.74) is 0. The molecule has 0 N–H and O–H groups in total. The lowest BCUT2D eigenvalue weighted by atomic mass is 10.9. The third-order valence-electron chi connectivity index (χ3n) is 0.451. The van der Waals surface area contributed by atoms with E-state index < -0.39 is 0 Å². The molecule has 0 aromatic rings. The van der Waals surface area contributed by atoms with Gasteiger partial charge < -0.3 is 3.79 Å². The first-order valence-electron chi connectivity index (χ1n) is 2.35. The van der Waals surface area contributed by atoms with Gasteiger partial charge in [-0.3, -0.25) is 0 Å². The zero-order valence-electron chi connectivity index (χ0n) is 4.40. The van der Waals surface area contributed by atoms with Gasteiger partial charge in [0.2, 0.25) is 0 Å². The predicted octanol–water partition coefficient (Wildman–Crippen LogP) is 1.33. The zero-order chi connectivity index (χ0) is 4.83. The van der Waals surface area contributed by atoms with Crippen molar-refractivity contribution in [1.82, 2.24) is 0 Å². The Kier molecular flexibility index (Phi) is 5.94. The maximum Gasteiger partial charge on any atom is 0.423 e. The van der Waals surface area contributed by atoms with Gasteiger partial charge in [-0.15, -0.1) is 0 Å². The van der Waals surface area contributed by atoms with Crippen LogP contribution in [0.5, 0.6) is 0 Å². The van der Waals surface area contributed by atoms with E-state index in [4.69, 9.17) is 3.79 Å². The lowest BCUT2D eigenvalue weighted by molar-refractivity contribution is 0.361. The molecule has 0 atom stereocenters. The molecule has 0 spiro atoms. The smallest absolute Gasteiger partial charge is 0.423 e. The molecule has 0 unspecified atom stereocenters. The van der Waals surface area contributed by atoms with E-state index in [1.165, 1.54) is 5.28 Å². The molecule has 37 valence electrons. The van der Waals surface area contributed by atoms with Crippen molar-refractivity contribution in [2.24, 2.45) is 0 Å². The summed E-state index contributed by atoms with van der Waals surface area (Å²) in [4.78, 5) is 0. The van der Waals surface area contributed by atoms with Crippen molar-refractivity contribution in [1.29, 1.82) is 0 Å². The van der Waals surface area contributed by atoms with E-state index in [0.29, 0.717) is 15.6 Å². The fourth-order valence-corrected chi connectivity index (χ4v) is 0.707. The monoisotopic (exact) mass is 103 g/mol. The van der Waals surface area contributed by atoms with Gasteiger partial charge in [0.05, 0.1) is 0 Å². The van der Waals surface area contributed by atoms with Crippen LogP contribution in [0.1, 0.15) is 15.3 Å². The summed E-state index contributed by atoms with van der Waals surface area (Å²) in [6.45, 7) is 5.07. The van der Waals surface area contributed by atoms with Crippen LogP contribution in [0.4, 0.5) is 0 Å². The summed E-state index contributed by atoms with van der Waals surface area (Å²) < 4.78 is 5.07. The van der Waals surface area contributed by atoms with Crippen LogP contribution in [-0.2, 0) is 3.79 Å². The van der Waals surface area contributed by atoms with Crippen molar-refractivity contribution in [3.8, 4) is 0 Å². The molecule has 0 heterocycles. The Labute approximate surface area is 47.2 Å². The SMILES string of the molecule is CC[O][Al][CH2]C.[HH].